The lowest BCUT2D eigenvalue weighted by Gasteiger charge is -2.40. The zero-order valence-electron chi connectivity index (χ0n) is 11.4. The van der Waals surface area contributed by atoms with Crippen molar-refractivity contribution in [2.45, 2.75) is 56.2 Å². The van der Waals surface area contributed by atoms with Crippen molar-refractivity contribution >= 4 is 23.5 Å². The number of thioether (sulfide) groups is 1. The average molecular weight is 285 g/mol. The van der Waals surface area contributed by atoms with Gasteiger partial charge in [-0.25, -0.2) is 0 Å². The molecule has 0 atom stereocenters. The minimum Gasteiger partial charge on any atom is -0.409 e. The SMILES string of the molecule is CSC1CCC(NC(=O)C2(C(N)=NO)CCC2)CC1. The van der Waals surface area contributed by atoms with Crippen LogP contribution in [0.25, 0.3) is 0 Å². The zero-order valence-corrected chi connectivity index (χ0v) is 12.2. The van der Waals surface area contributed by atoms with Crippen LogP contribution in [0.15, 0.2) is 5.16 Å². The van der Waals surface area contributed by atoms with Crippen molar-refractivity contribution in [3.8, 4) is 0 Å². The fourth-order valence-electron chi connectivity index (χ4n) is 2.99. The summed E-state index contributed by atoms with van der Waals surface area (Å²) in [5.41, 5.74) is 4.95. The molecule has 108 valence electrons. The molecule has 0 radical (unpaired) electrons. The number of amidine groups is 1. The van der Waals surface area contributed by atoms with Crippen molar-refractivity contribution in [2.24, 2.45) is 16.3 Å². The molecule has 0 spiro atoms. The van der Waals surface area contributed by atoms with Crippen LogP contribution in [0, 0.1) is 5.41 Å². The van der Waals surface area contributed by atoms with Crippen molar-refractivity contribution in [1.29, 1.82) is 0 Å². The van der Waals surface area contributed by atoms with Crippen LogP contribution in [0.2, 0.25) is 0 Å². The first-order valence-corrected chi connectivity index (χ1v) is 8.23. The van der Waals surface area contributed by atoms with E-state index in [0.29, 0.717) is 12.8 Å². The van der Waals surface area contributed by atoms with Gasteiger partial charge in [-0.05, 0) is 44.8 Å². The number of rotatable bonds is 4. The highest BCUT2D eigenvalue weighted by Crippen LogP contribution is 2.41. The van der Waals surface area contributed by atoms with Crippen molar-refractivity contribution in [2.75, 3.05) is 6.26 Å². The molecule has 2 rings (SSSR count). The molecule has 2 aliphatic carbocycles. The van der Waals surface area contributed by atoms with Crippen molar-refractivity contribution in [1.82, 2.24) is 5.32 Å². The van der Waals surface area contributed by atoms with E-state index in [1.807, 2.05) is 11.8 Å². The first-order valence-electron chi connectivity index (χ1n) is 6.94. The number of nitrogens with zero attached hydrogens (tertiary/aromatic N) is 1. The number of carbonyl (C=O) groups is 1. The fourth-order valence-corrected chi connectivity index (χ4v) is 3.74. The minimum atomic E-state index is -0.745. The highest BCUT2D eigenvalue weighted by Gasteiger charge is 2.48. The second-order valence-electron chi connectivity index (χ2n) is 5.60. The van der Waals surface area contributed by atoms with E-state index in [0.717, 1.165) is 37.4 Å². The molecular weight excluding hydrogens is 262 g/mol. The van der Waals surface area contributed by atoms with E-state index < -0.39 is 5.41 Å². The van der Waals surface area contributed by atoms with Crippen LogP contribution in [0.1, 0.15) is 44.9 Å². The quantitative estimate of drug-likeness (QED) is 0.317. The van der Waals surface area contributed by atoms with Gasteiger partial charge < -0.3 is 16.3 Å². The summed E-state index contributed by atoms with van der Waals surface area (Å²) in [5.74, 6) is 0.00991. The van der Waals surface area contributed by atoms with Crippen LogP contribution in [0.3, 0.4) is 0 Å². The van der Waals surface area contributed by atoms with Gasteiger partial charge in [0.2, 0.25) is 5.91 Å². The molecule has 0 aliphatic heterocycles. The molecule has 19 heavy (non-hydrogen) atoms. The Kier molecular flexibility index (Phi) is 4.60. The Labute approximate surface area is 118 Å². The highest BCUT2D eigenvalue weighted by molar-refractivity contribution is 7.99. The predicted octanol–water partition coefficient (Wildman–Crippen LogP) is 1.69. The standard InChI is InChI=1S/C13H23N3O2S/c1-19-10-5-3-9(4-6-10)15-12(17)13(7-2-8-13)11(14)16-18/h9-10,18H,2-8H2,1H3,(H2,14,16)(H,15,17). The largest absolute Gasteiger partial charge is 0.409 e. The van der Waals surface area contributed by atoms with E-state index >= 15 is 0 Å². The van der Waals surface area contributed by atoms with Crippen LogP contribution >= 0.6 is 11.8 Å². The third-order valence-electron chi connectivity index (χ3n) is 4.58. The second-order valence-corrected chi connectivity index (χ2v) is 6.74. The van der Waals surface area contributed by atoms with Crippen molar-refractivity contribution in [3.63, 3.8) is 0 Å². The summed E-state index contributed by atoms with van der Waals surface area (Å²) in [6, 6.07) is 0.250. The van der Waals surface area contributed by atoms with Crippen LogP contribution in [-0.4, -0.2) is 34.5 Å². The van der Waals surface area contributed by atoms with Gasteiger partial charge in [-0.2, -0.15) is 11.8 Å². The lowest BCUT2D eigenvalue weighted by Crippen LogP contribution is -2.56. The van der Waals surface area contributed by atoms with Crippen LogP contribution in [0.4, 0.5) is 0 Å². The maximum absolute atomic E-state index is 12.4. The molecule has 2 fully saturated rings. The number of oxime groups is 1. The Bertz CT molecular complexity index is 361. The minimum absolute atomic E-state index is 0.0540. The van der Waals surface area contributed by atoms with Crippen LogP contribution in [-0.2, 0) is 4.79 Å². The Morgan fingerprint density at radius 1 is 1.37 bits per heavy atom. The number of hydrogen-bond donors (Lipinski definition) is 3. The van der Waals surface area contributed by atoms with E-state index in [1.165, 1.54) is 0 Å². The van der Waals surface area contributed by atoms with Crippen molar-refractivity contribution < 1.29 is 10.0 Å². The Morgan fingerprint density at radius 2 is 2.00 bits per heavy atom. The molecular formula is C13H23N3O2S. The van der Waals surface area contributed by atoms with Crippen LogP contribution in [0.5, 0.6) is 0 Å². The summed E-state index contributed by atoms with van der Waals surface area (Å²) in [7, 11) is 0. The maximum atomic E-state index is 12.4. The number of hydrogen-bond acceptors (Lipinski definition) is 4. The zero-order chi connectivity index (χ0) is 13.9. The number of amides is 1. The summed E-state index contributed by atoms with van der Waals surface area (Å²) in [4.78, 5) is 12.4. The van der Waals surface area contributed by atoms with Gasteiger partial charge in [0.1, 0.15) is 5.41 Å². The summed E-state index contributed by atoms with van der Waals surface area (Å²) in [5, 5.41) is 15.7. The molecule has 2 saturated carbocycles. The number of nitrogens with one attached hydrogen (secondary N) is 1. The second kappa shape index (κ2) is 6.03. The van der Waals surface area contributed by atoms with Gasteiger partial charge in [0, 0.05) is 11.3 Å². The van der Waals surface area contributed by atoms with E-state index in [2.05, 4.69) is 16.7 Å². The summed E-state index contributed by atoms with van der Waals surface area (Å²) in [6.07, 6.45) is 8.86. The maximum Gasteiger partial charge on any atom is 0.234 e. The molecule has 0 heterocycles. The molecule has 0 aromatic rings. The number of carbonyl (C=O) groups excluding carboxylic acids is 1. The molecule has 2 aliphatic rings. The smallest absolute Gasteiger partial charge is 0.234 e. The first-order chi connectivity index (χ1) is 9.12. The van der Waals surface area contributed by atoms with Gasteiger partial charge in [-0.3, -0.25) is 4.79 Å². The normalized spacial score (nSPS) is 30.5. The monoisotopic (exact) mass is 285 g/mol. The fraction of sp³-hybridized carbons (Fsp3) is 0.846. The van der Waals surface area contributed by atoms with E-state index in [4.69, 9.17) is 10.9 Å². The van der Waals surface area contributed by atoms with Crippen molar-refractivity contribution in [3.05, 3.63) is 0 Å². The molecule has 0 unspecified atom stereocenters. The van der Waals surface area contributed by atoms with E-state index in [9.17, 15) is 4.79 Å². The average Bonchev–Trinajstić information content (AvgIpc) is 2.38. The molecule has 6 heteroatoms. The van der Waals surface area contributed by atoms with Gasteiger partial charge in [0.15, 0.2) is 5.84 Å². The Morgan fingerprint density at radius 3 is 2.42 bits per heavy atom. The molecule has 5 nitrogen and oxygen atoms in total. The van der Waals surface area contributed by atoms with Gasteiger partial charge in [-0.1, -0.05) is 11.6 Å². The Hall–Kier alpha value is -0.910. The third-order valence-corrected chi connectivity index (χ3v) is 5.72. The molecule has 0 aromatic carbocycles. The predicted molar refractivity (Wildman–Crippen MR) is 77.4 cm³/mol. The highest BCUT2D eigenvalue weighted by atomic mass is 32.2. The number of nitrogens with two attached hydrogens (primary N) is 1. The summed E-state index contributed by atoms with van der Waals surface area (Å²) in [6.45, 7) is 0. The van der Waals surface area contributed by atoms with Gasteiger partial charge in [-0.15, -0.1) is 0 Å². The van der Waals surface area contributed by atoms with Gasteiger partial charge in [0.05, 0.1) is 0 Å². The lowest BCUT2D eigenvalue weighted by molar-refractivity contribution is -0.132. The Balaban J connectivity index is 1.91. The molecule has 0 aromatic heterocycles. The molecule has 0 bridgehead atoms. The van der Waals surface area contributed by atoms with E-state index in [-0.39, 0.29) is 17.8 Å². The van der Waals surface area contributed by atoms with Gasteiger partial charge >= 0.3 is 0 Å². The molecule has 4 N–H and O–H groups in total. The first kappa shape index (κ1) is 14.5. The van der Waals surface area contributed by atoms with Gasteiger partial charge in [0.25, 0.3) is 0 Å². The molecule has 1 amide bonds. The topological polar surface area (TPSA) is 87.7 Å². The summed E-state index contributed by atoms with van der Waals surface area (Å²) < 4.78 is 0. The summed E-state index contributed by atoms with van der Waals surface area (Å²) >= 11 is 1.91. The van der Waals surface area contributed by atoms with E-state index in [1.54, 1.807) is 0 Å². The van der Waals surface area contributed by atoms with Crippen LogP contribution < -0.4 is 11.1 Å². The lowest BCUT2D eigenvalue weighted by atomic mass is 9.67. The third kappa shape index (κ3) is 2.83. The molecule has 0 saturated heterocycles.